The molecule has 0 atom stereocenters. The van der Waals surface area contributed by atoms with Gasteiger partial charge in [0.25, 0.3) is 15.9 Å². The van der Waals surface area contributed by atoms with Crippen molar-refractivity contribution in [2.24, 2.45) is 0 Å². The molecule has 0 radical (unpaired) electrons. The van der Waals surface area contributed by atoms with Crippen LogP contribution in [0.25, 0.3) is 0 Å². The summed E-state index contributed by atoms with van der Waals surface area (Å²) in [6.07, 6.45) is 3.29. The Morgan fingerprint density at radius 2 is 1.79 bits per heavy atom. The van der Waals surface area contributed by atoms with E-state index in [-0.39, 0.29) is 10.8 Å². The van der Waals surface area contributed by atoms with E-state index in [1.165, 1.54) is 24.6 Å². The van der Waals surface area contributed by atoms with Gasteiger partial charge in [0.05, 0.1) is 11.5 Å². The minimum atomic E-state index is -3.76. The Kier molecular flexibility index (Phi) is 6.53. The normalized spacial score (nSPS) is 15.0. The second-order valence-electron chi connectivity index (χ2n) is 6.58. The Bertz CT molecular complexity index is 907. The number of hydrogen-bond acceptors (Lipinski definition) is 5. The lowest BCUT2D eigenvalue weighted by atomic mass is 10.1. The van der Waals surface area contributed by atoms with Crippen LogP contribution in [0.15, 0.2) is 53.4 Å². The van der Waals surface area contributed by atoms with Gasteiger partial charge in [-0.2, -0.15) is 0 Å². The summed E-state index contributed by atoms with van der Waals surface area (Å²) in [7, 11) is -3.76. The number of anilines is 1. The lowest BCUT2D eigenvalue weighted by Crippen LogP contribution is -2.45. The number of carbonyl (C=O) groups is 1. The van der Waals surface area contributed by atoms with E-state index < -0.39 is 10.0 Å². The molecule has 0 saturated carbocycles. The van der Waals surface area contributed by atoms with Crippen LogP contribution in [0.3, 0.4) is 0 Å². The Balaban J connectivity index is 1.69. The van der Waals surface area contributed by atoms with Crippen molar-refractivity contribution in [1.82, 2.24) is 10.4 Å². The van der Waals surface area contributed by atoms with Crippen molar-refractivity contribution in [3.63, 3.8) is 0 Å². The van der Waals surface area contributed by atoms with E-state index in [1.807, 2.05) is 11.9 Å². The van der Waals surface area contributed by atoms with Gasteiger partial charge in [-0.15, -0.1) is 0 Å². The summed E-state index contributed by atoms with van der Waals surface area (Å²) >= 11 is 0. The van der Waals surface area contributed by atoms with Crippen molar-refractivity contribution in [1.29, 1.82) is 0 Å². The van der Waals surface area contributed by atoms with Crippen molar-refractivity contribution < 1.29 is 17.9 Å². The second-order valence-corrected chi connectivity index (χ2v) is 8.26. The van der Waals surface area contributed by atoms with Crippen LogP contribution in [0.4, 0.5) is 5.69 Å². The fourth-order valence-electron chi connectivity index (χ4n) is 3.03. The fourth-order valence-corrected chi connectivity index (χ4v) is 4.08. The Hall–Kier alpha value is -2.58. The van der Waals surface area contributed by atoms with E-state index in [0.717, 1.165) is 25.9 Å². The molecule has 7 nitrogen and oxygen atoms in total. The molecule has 1 amide bonds. The van der Waals surface area contributed by atoms with Crippen LogP contribution >= 0.6 is 0 Å². The molecule has 0 aromatic heterocycles. The first kappa shape index (κ1) is 20.2. The van der Waals surface area contributed by atoms with Crippen molar-refractivity contribution in [2.75, 3.05) is 24.4 Å². The summed E-state index contributed by atoms with van der Waals surface area (Å²) < 4.78 is 33.1. The van der Waals surface area contributed by atoms with E-state index in [9.17, 15) is 13.2 Å². The van der Waals surface area contributed by atoms with Gasteiger partial charge >= 0.3 is 0 Å². The second kappa shape index (κ2) is 9.07. The summed E-state index contributed by atoms with van der Waals surface area (Å²) in [5.74, 6) is 0.363. The molecule has 1 fully saturated rings. The number of benzene rings is 2. The lowest BCUT2D eigenvalue weighted by Gasteiger charge is -2.26. The number of nitrogens with zero attached hydrogens (tertiary/aromatic N) is 1. The number of amides is 1. The van der Waals surface area contributed by atoms with Gasteiger partial charge in [-0.05, 0) is 62.2 Å². The summed E-state index contributed by atoms with van der Waals surface area (Å²) in [4.78, 5) is 12.6. The highest BCUT2D eigenvalue weighted by Crippen LogP contribution is 2.20. The molecule has 1 aliphatic rings. The highest BCUT2D eigenvalue weighted by molar-refractivity contribution is 7.92. The molecule has 0 unspecified atom stereocenters. The summed E-state index contributed by atoms with van der Waals surface area (Å²) in [5, 5.41) is 1.91. The molecule has 28 heavy (non-hydrogen) atoms. The number of piperidine rings is 1. The molecule has 0 bridgehead atoms. The third-order valence-corrected chi connectivity index (χ3v) is 5.83. The lowest BCUT2D eigenvalue weighted by molar-refractivity contribution is 0.0750. The van der Waals surface area contributed by atoms with Crippen LogP contribution < -0.4 is 14.9 Å². The minimum Gasteiger partial charge on any atom is -0.494 e. The zero-order chi connectivity index (χ0) is 20.0. The van der Waals surface area contributed by atoms with Crippen LogP contribution in [-0.4, -0.2) is 39.0 Å². The van der Waals surface area contributed by atoms with E-state index >= 15 is 0 Å². The Morgan fingerprint density at radius 1 is 1.07 bits per heavy atom. The van der Waals surface area contributed by atoms with Gasteiger partial charge in [-0.3, -0.25) is 14.9 Å². The van der Waals surface area contributed by atoms with Gasteiger partial charge in [0, 0.05) is 24.3 Å². The minimum absolute atomic E-state index is 0.124. The number of rotatable bonds is 7. The quantitative estimate of drug-likeness (QED) is 0.742. The Labute approximate surface area is 165 Å². The number of hydrogen-bond donors (Lipinski definition) is 2. The largest absolute Gasteiger partial charge is 0.494 e. The smallest absolute Gasteiger partial charge is 0.265 e. The number of hydrazine groups is 1. The molecule has 1 heterocycles. The molecule has 150 valence electrons. The summed E-state index contributed by atoms with van der Waals surface area (Å²) in [6, 6.07) is 12.7. The first-order valence-corrected chi connectivity index (χ1v) is 10.9. The van der Waals surface area contributed by atoms with Gasteiger partial charge in [0.2, 0.25) is 0 Å². The van der Waals surface area contributed by atoms with Crippen LogP contribution in [0.2, 0.25) is 0 Å². The van der Waals surface area contributed by atoms with Crippen LogP contribution in [0, 0.1) is 0 Å². The average Bonchev–Trinajstić information content (AvgIpc) is 2.69. The van der Waals surface area contributed by atoms with Crippen molar-refractivity contribution in [3.05, 3.63) is 54.1 Å². The van der Waals surface area contributed by atoms with E-state index in [0.29, 0.717) is 23.6 Å². The van der Waals surface area contributed by atoms with Gasteiger partial charge in [-0.25, -0.2) is 13.4 Å². The first-order chi connectivity index (χ1) is 13.5. The molecule has 2 aromatic rings. The SMILES string of the molecule is CCOc1ccc(S(=O)(=O)Nc2cccc(C(=O)NN3CCCCC3)c2)cc1. The molecule has 1 aliphatic heterocycles. The van der Waals surface area contributed by atoms with Gasteiger partial charge in [0.15, 0.2) is 0 Å². The van der Waals surface area contributed by atoms with E-state index in [2.05, 4.69) is 10.1 Å². The average molecular weight is 404 g/mol. The zero-order valence-corrected chi connectivity index (χ0v) is 16.7. The van der Waals surface area contributed by atoms with E-state index in [1.54, 1.807) is 30.3 Å². The maximum Gasteiger partial charge on any atom is 0.265 e. The zero-order valence-electron chi connectivity index (χ0n) is 15.8. The molecule has 3 rings (SSSR count). The maximum atomic E-state index is 12.6. The molecular formula is C20H25N3O4S. The maximum absolute atomic E-state index is 12.6. The highest BCUT2D eigenvalue weighted by atomic mass is 32.2. The van der Waals surface area contributed by atoms with Crippen LogP contribution in [0.5, 0.6) is 5.75 Å². The van der Waals surface area contributed by atoms with Gasteiger partial charge in [-0.1, -0.05) is 12.5 Å². The monoisotopic (exact) mass is 403 g/mol. The predicted octanol–water partition coefficient (Wildman–Crippen LogP) is 3.02. The highest BCUT2D eigenvalue weighted by Gasteiger charge is 2.17. The molecule has 0 spiro atoms. The summed E-state index contributed by atoms with van der Waals surface area (Å²) in [6.45, 7) is 4.03. The number of sulfonamides is 1. The van der Waals surface area contributed by atoms with Crippen LogP contribution in [-0.2, 0) is 10.0 Å². The number of nitrogens with one attached hydrogen (secondary N) is 2. The molecule has 2 N–H and O–H groups in total. The predicted molar refractivity (Wildman–Crippen MR) is 108 cm³/mol. The standard InChI is InChI=1S/C20H25N3O4S/c1-2-27-18-9-11-19(12-10-18)28(25,26)22-17-8-6-7-16(15-17)20(24)21-23-13-4-3-5-14-23/h6-12,15,22H,2-5,13-14H2,1H3,(H,21,24). The van der Waals surface area contributed by atoms with E-state index in [4.69, 9.17) is 4.74 Å². The van der Waals surface area contributed by atoms with Gasteiger partial charge in [0.1, 0.15) is 5.75 Å². The molecule has 2 aromatic carbocycles. The first-order valence-electron chi connectivity index (χ1n) is 9.39. The Morgan fingerprint density at radius 3 is 2.46 bits per heavy atom. The topological polar surface area (TPSA) is 87.7 Å². The summed E-state index contributed by atoms with van der Waals surface area (Å²) in [5.41, 5.74) is 3.61. The van der Waals surface area contributed by atoms with Crippen molar-refractivity contribution in [2.45, 2.75) is 31.1 Å². The van der Waals surface area contributed by atoms with Crippen LogP contribution in [0.1, 0.15) is 36.5 Å². The molecule has 0 aliphatic carbocycles. The molecule has 8 heteroatoms. The van der Waals surface area contributed by atoms with Gasteiger partial charge < -0.3 is 4.74 Å². The fraction of sp³-hybridized carbons (Fsp3) is 0.350. The number of carbonyl (C=O) groups excluding carboxylic acids is 1. The molecule has 1 saturated heterocycles. The third kappa shape index (κ3) is 5.24. The number of ether oxygens (including phenoxy) is 1. The van der Waals surface area contributed by atoms with Crippen molar-refractivity contribution in [3.8, 4) is 5.75 Å². The molecular weight excluding hydrogens is 378 g/mol. The van der Waals surface area contributed by atoms with Crippen molar-refractivity contribution >= 4 is 21.6 Å². The third-order valence-electron chi connectivity index (χ3n) is 4.44.